The van der Waals surface area contributed by atoms with E-state index in [1.807, 2.05) is 23.7 Å². The Labute approximate surface area is 168 Å². The first-order valence-corrected chi connectivity index (χ1v) is 9.33. The summed E-state index contributed by atoms with van der Waals surface area (Å²) in [4.78, 5) is 17.5. The minimum Gasteiger partial charge on any atom is -0.321 e. The maximum atomic E-state index is 12.9. The van der Waals surface area contributed by atoms with Crippen molar-refractivity contribution < 1.29 is 4.79 Å². The first-order valence-electron chi connectivity index (χ1n) is 8.96. The monoisotopic (exact) mass is 390 g/mol. The Morgan fingerprint density at radius 3 is 2.61 bits per heavy atom. The zero-order valence-electron chi connectivity index (χ0n) is 15.6. The number of benzene rings is 2. The van der Waals surface area contributed by atoms with Crippen molar-refractivity contribution >= 4 is 34.2 Å². The van der Waals surface area contributed by atoms with Crippen LogP contribution in [0.25, 0.3) is 11.0 Å². The highest BCUT2D eigenvalue weighted by atomic mass is 35.5. The van der Waals surface area contributed by atoms with Gasteiger partial charge in [0.25, 0.3) is 5.91 Å². The van der Waals surface area contributed by atoms with Crippen LogP contribution in [0.2, 0.25) is 5.02 Å². The van der Waals surface area contributed by atoms with Crippen molar-refractivity contribution in [2.45, 2.75) is 20.4 Å². The second-order valence-corrected chi connectivity index (χ2v) is 7.18. The lowest BCUT2D eigenvalue weighted by atomic mass is 10.1. The summed E-state index contributed by atoms with van der Waals surface area (Å²) in [5.74, 6) is -0.238. The molecule has 2 aromatic heterocycles. The first kappa shape index (κ1) is 18.2. The maximum absolute atomic E-state index is 12.9. The van der Waals surface area contributed by atoms with Crippen molar-refractivity contribution in [3.05, 3.63) is 88.2 Å². The average Bonchev–Trinajstić information content (AvgIpc) is 3.07. The molecule has 140 valence electrons. The second-order valence-electron chi connectivity index (χ2n) is 6.77. The van der Waals surface area contributed by atoms with Gasteiger partial charge in [0, 0.05) is 5.69 Å². The number of carbonyl (C=O) groups excluding carboxylic acids is 1. The summed E-state index contributed by atoms with van der Waals surface area (Å²) in [6.45, 7) is 4.52. The SMILES string of the molecule is Cc1ccc(Cn2ncc3c(C(=O)Nc4ccccc4Cl)cc(C)nc32)cc1. The number of fused-ring (bicyclic) bond motifs is 1. The highest BCUT2D eigenvalue weighted by molar-refractivity contribution is 6.34. The fourth-order valence-corrected chi connectivity index (χ4v) is 3.28. The van der Waals surface area contributed by atoms with Crippen molar-refractivity contribution in [3.63, 3.8) is 0 Å². The average molecular weight is 391 g/mol. The number of hydrogen-bond acceptors (Lipinski definition) is 3. The molecule has 0 unspecified atom stereocenters. The second kappa shape index (κ2) is 7.44. The molecule has 0 aliphatic carbocycles. The molecule has 28 heavy (non-hydrogen) atoms. The molecule has 2 aromatic carbocycles. The molecule has 0 atom stereocenters. The molecular weight excluding hydrogens is 372 g/mol. The van der Waals surface area contributed by atoms with Gasteiger partial charge in [0.1, 0.15) is 0 Å². The number of pyridine rings is 1. The molecule has 1 N–H and O–H groups in total. The summed E-state index contributed by atoms with van der Waals surface area (Å²) in [7, 11) is 0. The third-order valence-electron chi connectivity index (χ3n) is 4.56. The number of aryl methyl sites for hydroxylation is 2. The van der Waals surface area contributed by atoms with Crippen molar-refractivity contribution in [2.75, 3.05) is 5.32 Å². The van der Waals surface area contributed by atoms with E-state index in [1.54, 1.807) is 24.4 Å². The van der Waals surface area contributed by atoms with E-state index in [0.717, 1.165) is 11.3 Å². The molecule has 0 bridgehead atoms. The van der Waals surface area contributed by atoms with Crippen LogP contribution in [0.4, 0.5) is 5.69 Å². The van der Waals surface area contributed by atoms with E-state index in [0.29, 0.717) is 33.9 Å². The molecule has 0 spiro atoms. The van der Waals surface area contributed by atoms with E-state index >= 15 is 0 Å². The number of rotatable bonds is 4. The summed E-state index contributed by atoms with van der Waals surface area (Å²) >= 11 is 6.17. The summed E-state index contributed by atoms with van der Waals surface area (Å²) in [5, 5.41) is 8.55. The van der Waals surface area contributed by atoms with E-state index < -0.39 is 0 Å². The molecule has 4 aromatic rings. The number of carbonyl (C=O) groups is 1. The van der Waals surface area contributed by atoms with Crippen LogP contribution in [0.3, 0.4) is 0 Å². The Morgan fingerprint density at radius 2 is 1.86 bits per heavy atom. The minimum atomic E-state index is -0.238. The predicted octanol–water partition coefficient (Wildman–Crippen LogP) is 5.00. The van der Waals surface area contributed by atoms with E-state index in [2.05, 4.69) is 46.6 Å². The lowest BCUT2D eigenvalue weighted by Crippen LogP contribution is -2.13. The van der Waals surface area contributed by atoms with Crippen LogP contribution in [0.5, 0.6) is 0 Å². The maximum Gasteiger partial charge on any atom is 0.256 e. The van der Waals surface area contributed by atoms with E-state index in [9.17, 15) is 4.79 Å². The Hall–Kier alpha value is -3.18. The summed E-state index contributed by atoms with van der Waals surface area (Å²) < 4.78 is 1.82. The van der Waals surface area contributed by atoms with Crippen molar-refractivity contribution in [1.29, 1.82) is 0 Å². The van der Waals surface area contributed by atoms with Crippen LogP contribution < -0.4 is 5.32 Å². The number of anilines is 1. The van der Waals surface area contributed by atoms with Gasteiger partial charge in [0.2, 0.25) is 0 Å². The van der Waals surface area contributed by atoms with E-state index in [1.165, 1.54) is 5.56 Å². The van der Waals surface area contributed by atoms with Gasteiger partial charge in [-0.2, -0.15) is 5.10 Å². The number of amides is 1. The van der Waals surface area contributed by atoms with Crippen LogP contribution in [0, 0.1) is 13.8 Å². The topological polar surface area (TPSA) is 59.8 Å². The molecule has 0 aliphatic rings. The molecule has 0 aliphatic heterocycles. The third kappa shape index (κ3) is 3.62. The van der Waals surface area contributed by atoms with E-state index in [4.69, 9.17) is 11.6 Å². The molecule has 5 nitrogen and oxygen atoms in total. The molecule has 1 amide bonds. The molecular formula is C22H19ClN4O. The summed E-state index contributed by atoms with van der Waals surface area (Å²) in [6.07, 6.45) is 1.69. The zero-order chi connectivity index (χ0) is 19.7. The summed E-state index contributed by atoms with van der Waals surface area (Å²) in [5.41, 5.74) is 4.87. The third-order valence-corrected chi connectivity index (χ3v) is 4.89. The number of nitrogens with one attached hydrogen (secondary N) is 1. The normalized spacial score (nSPS) is 11.0. The standard InChI is InChI=1S/C22H19ClN4O/c1-14-7-9-16(10-8-14)13-27-21-18(12-24-27)17(11-15(2)25-21)22(28)26-20-6-4-3-5-19(20)23/h3-12H,13H2,1-2H3,(H,26,28). The van der Waals surface area contributed by atoms with Crippen molar-refractivity contribution in [1.82, 2.24) is 14.8 Å². The fourth-order valence-electron chi connectivity index (χ4n) is 3.10. The summed E-state index contributed by atoms with van der Waals surface area (Å²) in [6, 6.07) is 17.2. The highest BCUT2D eigenvalue weighted by Gasteiger charge is 2.17. The van der Waals surface area contributed by atoms with Gasteiger partial charge in [0.05, 0.1) is 34.4 Å². The van der Waals surface area contributed by atoms with Gasteiger partial charge in [0.15, 0.2) is 5.65 Å². The molecule has 0 radical (unpaired) electrons. The van der Waals surface area contributed by atoms with Gasteiger partial charge >= 0.3 is 0 Å². The predicted molar refractivity (Wildman–Crippen MR) is 112 cm³/mol. The number of hydrogen-bond donors (Lipinski definition) is 1. The Balaban J connectivity index is 1.70. The van der Waals surface area contributed by atoms with Crippen LogP contribution in [0.1, 0.15) is 27.2 Å². The van der Waals surface area contributed by atoms with Gasteiger partial charge < -0.3 is 5.32 Å². The van der Waals surface area contributed by atoms with E-state index in [-0.39, 0.29) is 5.91 Å². The van der Waals surface area contributed by atoms with Crippen molar-refractivity contribution in [2.24, 2.45) is 0 Å². The van der Waals surface area contributed by atoms with Crippen molar-refractivity contribution in [3.8, 4) is 0 Å². The molecule has 4 rings (SSSR count). The number of halogens is 1. The smallest absolute Gasteiger partial charge is 0.256 e. The number of para-hydroxylation sites is 1. The minimum absolute atomic E-state index is 0.238. The van der Waals surface area contributed by atoms with Gasteiger partial charge in [-0.05, 0) is 37.6 Å². The zero-order valence-corrected chi connectivity index (χ0v) is 16.4. The van der Waals surface area contributed by atoms with Gasteiger partial charge in [-0.3, -0.25) is 4.79 Å². The number of nitrogens with zero attached hydrogens (tertiary/aromatic N) is 3. The van der Waals surface area contributed by atoms with Crippen LogP contribution in [0.15, 0.2) is 60.8 Å². The lowest BCUT2D eigenvalue weighted by Gasteiger charge is -2.09. The fraction of sp³-hybridized carbons (Fsp3) is 0.136. The largest absolute Gasteiger partial charge is 0.321 e. The quantitative estimate of drug-likeness (QED) is 0.533. The highest BCUT2D eigenvalue weighted by Crippen LogP contribution is 2.24. The molecule has 0 saturated carbocycles. The molecule has 6 heteroatoms. The molecule has 0 saturated heterocycles. The van der Waals surface area contributed by atoms with Crippen LogP contribution in [-0.2, 0) is 6.54 Å². The Morgan fingerprint density at radius 1 is 1.11 bits per heavy atom. The first-order chi connectivity index (χ1) is 13.5. The molecule has 0 fully saturated rings. The van der Waals surface area contributed by atoms with Crippen LogP contribution in [-0.4, -0.2) is 20.7 Å². The lowest BCUT2D eigenvalue weighted by molar-refractivity contribution is 0.102. The number of aromatic nitrogens is 3. The van der Waals surface area contributed by atoms with Gasteiger partial charge in [-0.25, -0.2) is 9.67 Å². The van der Waals surface area contributed by atoms with Gasteiger partial charge in [-0.15, -0.1) is 0 Å². The Kier molecular flexibility index (Phi) is 4.84. The van der Waals surface area contributed by atoms with Gasteiger partial charge in [-0.1, -0.05) is 53.6 Å². The Bertz CT molecular complexity index is 1170. The van der Waals surface area contributed by atoms with Crippen LogP contribution >= 0.6 is 11.6 Å². The molecule has 2 heterocycles.